The van der Waals surface area contributed by atoms with Gasteiger partial charge < -0.3 is 4.74 Å². The molecule has 0 aromatic heterocycles. The fourth-order valence-corrected chi connectivity index (χ4v) is 4.86. The Hall–Kier alpha value is -3.67. The molecular formula is C31H31F2N3O. The van der Waals surface area contributed by atoms with Crippen molar-refractivity contribution >= 4 is 23.3 Å². The molecule has 0 aliphatic carbocycles. The standard InChI is InChI=1S/C31H31F2N3O/c1-3-21-10-12-23(13-11-21)26-17-24(37-15-14-20(26)2)16-22-6-4-9-28-29(19-34-18-22)36-31(35-28)25-7-5-8-27(32)30(25)33/h5,7-13,17,19,22H,3-4,6,14-16,18H2,1-2H3. The van der Waals surface area contributed by atoms with E-state index in [0.29, 0.717) is 30.5 Å². The minimum Gasteiger partial charge on any atom is -0.498 e. The Morgan fingerprint density at radius 2 is 1.89 bits per heavy atom. The van der Waals surface area contributed by atoms with Crippen LogP contribution in [-0.4, -0.2) is 30.9 Å². The predicted molar refractivity (Wildman–Crippen MR) is 146 cm³/mol. The highest BCUT2D eigenvalue weighted by Gasteiger charge is 2.22. The minimum absolute atomic E-state index is 0.0603. The second-order valence-corrected chi connectivity index (χ2v) is 9.72. The lowest BCUT2D eigenvalue weighted by Crippen LogP contribution is -2.08. The SMILES string of the molecule is CCc1ccc(C2=C(C)CCOC(CC3CCC=C4N=C(c5cccc(F)c5F)N=C4C=NC3)=C2)cc1. The average Bonchev–Trinajstić information content (AvgIpc) is 3.24. The Balaban J connectivity index is 1.31. The quantitative estimate of drug-likeness (QED) is 0.427. The van der Waals surface area contributed by atoms with E-state index in [0.717, 1.165) is 43.9 Å². The van der Waals surface area contributed by atoms with Gasteiger partial charge in [-0.2, -0.15) is 0 Å². The number of nitrogens with zero attached hydrogens (tertiary/aromatic N) is 3. The molecule has 37 heavy (non-hydrogen) atoms. The van der Waals surface area contributed by atoms with Crippen LogP contribution in [0.5, 0.6) is 0 Å². The smallest absolute Gasteiger partial charge is 0.169 e. The number of aliphatic imine (C=N–C) groups is 3. The number of fused-ring (bicyclic) bond motifs is 1. The summed E-state index contributed by atoms with van der Waals surface area (Å²) >= 11 is 0. The van der Waals surface area contributed by atoms with Crippen molar-refractivity contribution in [1.29, 1.82) is 0 Å². The maximum atomic E-state index is 14.3. The number of amidine groups is 1. The summed E-state index contributed by atoms with van der Waals surface area (Å²) in [5, 5.41) is 0. The van der Waals surface area contributed by atoms with Gasteiger partial charge in [-0.05, 0) is 67.0 Å². The second kappa shape index (κ2) is 11.2. The van der Waals surface area contributed by atoms with E-state index in [4.69, 9.17) is 4.74 Å². The lowest BCUT2D eigenvalue weighted by Gasteiger charge is -2.16. The third kappa shape index (κ3) is 5.68. The molecule has 1 unspecified atom stereocenters. The van der Waals surface area contributed by atoms with Gasteiger partial charge in [-0.3, -0.25) is 4.99 Å². The topological polar surface area (TPSA) is 46.3 Å². The summed E-state index contributed by atoms with van der Waals surface area (Å²) in [5.74, 6) is -0.354. The first-order valence-electron chi connectivity index (χ1n) is 13.0. The van der Waals surface area contributed by atoms with Crippen molar-refractivity contribution in [3.63, 3.8) is 0 Å². The van der Waals surface area contributed by atoms with Gasteiger partial charge in [0.2, 0.25) is 0 Å². The van der Waals surface area contributed by atoms with E-state index in [-0.39, 0.29) is 11.4 Å². The molecule has 190 valence electrons. The summed E-state index contributed by atoms with van der Waals surface area (Å²) in [6.07, 6.45) is 10.4. The monoisotopic (exact) mass is 499 g/mol. The Morgan fingerprint density at radius 1 is 1.05 bits per heavy atom. The zero-order valence-electron chi connectivity index (χ0n) is 21.3. The van der Waals surface area contributed by atoms with Crippen LogP contribution in [0.25, 0.3) is 5.57 Å². The number of ether oxygens (including phenoxy) is 1. The van der Waals surface area contributed by atoms with Crippen LogP contribution in [0.3, 0.4) is 0 Å². The van der Waals surface area contributed by atoms with Crippen LogP contribution in [0.15, 0.2) is 86.6 Å². The molecule has 3 aliphatic rings. The molecule has 3 heterocycles. The van der Waals surface area contributed by atoms with E-state index >= 15 is 0 Å². The van der Waals surface area contributed by atoms with Crippen molar-refractivity contribution in [2.24, 2.45) is 20.9 Å². The molecule has 1 atom stereocenters. The zero-order chi connectivity index (χ0) is 25.8. The van der Waals surface area contributed by atoms with E-state index in [2.05, 4.69) is 59.2 Å². The Kier molecular flexibility index (Phi) is 7.54. The van der Waals surface area contributed by atoms with Crippen LogP contribution in [0, 0.1) is 17.6 Å². The van der Waals surface area contributed by atoms with Gasteiger partial charge in [0.05, 0.1) is 23.6 Å². The normalized spacial score (nSPS) is 19.9. The largest absolute Gasteiger partial charge is 0.498 e. The first kappa shape index (κ1) is 25.0. The molecule has 0 fully saturated rings. The van der Waals surface area contributed by atoms with Crippen molar-refractivity contribution in [3.8, 4) is 0 Å². The molecule has 2 aromatic rings. The number of allylic oxidation sites excluding steroid dienone is 5. The van der Waals surface area contributed by atoms with Crippen molar-refractivity contribution in [2.75, 3.05) is 13.2 Å². The molecule has 0 amide bonds. The molecule has 0 N–H and O–H groups in total. The Labute approximate surface area is 216 Å². The fraction of sp³-hybridized carbons (Fsp3) is 0.323. The van der Waals surface area contributed by atoms with E-state index in [9.17, 15) is 8.78 Å². The van der Waals surface area contributed by atoms with E-state index in [1.807, 2.05) is 6.08 Å². The molecule has 3 aliphatic heterocycles. The van der Waals surface area contributed by atoms with Gasteiger partial charge in [-0.15, -0.1) is 0 Å². The number of halogens is 2. The van der Waals surface area contributed by atoms with Gasteiger partial charge in [0.15, 0.2) is 17.5 Å². The van der Waals surface area contributed by atoms with Gasteiger partial charge in [0, 0.05) is 25.6 Å². The summed E-state index contributed by atoms with van der Waals surface area (Å²) in [4.78, 5) is 13.6. The van der Waals surface area contributed by atoms with Crippen LogP contribution in [-0.2, 0) is 11.2 Å². The van der Waals surface area contributed by atoms with E-state index < -0.39 is 11.6 Å². The van der Waals surface area contributed by atoms with Gasteiger partial charge in [0.1, 0.15) is 5.71 Å². The Bertz CT molecular complexity index is 1360. The van der Waals surface area contributed by atoms with E-state index in [1.165, 1.54) is 34.4 Å². The highest BCUT2D eigenvalue weighted by atomic mass is 19.2. The molecule has 6 heteroatoms. The van der Waals surface area contributed by atoms with Crippen LogP contribution >= 0.6 is 0 Å². The van der Waals surface area contributed by atoms with Crippen molar-refractivity contribution < 1.29 is 13.5 Å². The van der Waals surface area contributed by atoms with Crippen LogP contribution in [0.1, 0.15) is 56.2 Å². The van der Waals surface area contributed by atoms with E-state index in [1.54, 1.807) is 6.21 Å². The van der Waals surface area contributed by atoms with Gasteiger partial charge >= 0.3 is 0 Å². The molecular weight excluding hydrogens is 468 g/mol. The van der Waals surface area contributed by atoms with Crippen molar-refractivity contribution in [2.45, 2.75) is 46.0 Å². The average molecular weight is 500 g/mol. The lowest BCUT2D eigenvalue weighted by atomic mass is 9.94. The second-order valence-electron chi connectivity index (χ2n) is 9.72. The molecule has 0 saturated heterocycles. The van der Waals surface area contributed by atoms with Gasteiger partial charge in [-0.1, -0.05) is 48.9 Å². The number of aryl methyl sites for hydroxylation is 1. The third-order valence-electron chi connectivity index (χ3n) is 7.09. The van der Waals surface area contributed by atoms with Crippen LogP contribution in [0.4, 0.5) is 8.78 Å². The zero-order valence-corrected chi connectivity index (χ0v) is 21.3. The lowest BCUT2D eigenvalue weighted by molar-refractivity contribution is 0.196. The van der Waals surface area contributed by atoms with Crippen molar-refractivity contribution in [1.82, 2.24) is 0 Å². The molecule has 0 radical (unpaired) electrons. The number of rotatable bonds is 5. The fourth-order valence-electron chi connectivity index (χ4n) is 4.86. The molecule has 2 aromatic carbocycles. The summed E-state index contributed by atoms with van der Waals surface area (Å²) in [7, 11) is 0. The molecule has 5 rings (SSSR count). The first-order valence-corrected chi connectivity index (χ1v) is 13.0. The highest BCUT2D eigenvalue weighted by Crippen LogP contribution is 2.31. The number of hydrogen-bond donors (Lipinski definition) is 0. The van der Waals surface area contributed by atoms with Gasteiger partial charge in [0.25, 0.3) is 0 Å². The summed E-state index contributed by atoms with van der Waals surface area (Å²) in [5.41, 5.74) is 6.45. The van der Waals surface area contributed by atoms with Crippen LogP contribution in [0.2, 0.25) is 0 Å². The summed E-state index contributed by atoms with van der Waals surface area (Å²) in [6.45, 7) is 5.67. The minimum atomic E-state index is -0.934. The van der Waals surface area contributed by atoms with Crippen molar-refractivity contribution in [3.05, 3.63) is 100.0 Å². The maximum Gasteiger partial charge on any atom is 0.169 e. The maximum absolute atomic E-state index is 14.3. The number of benzene rings is 2. The first-order chi connectivity index (χ1) is 18.0. The van der Waals surface area contributed by atoms with Gasteiger partial charge in [-0.25, -0.2) is 18.8 Å². The molecule has 4 nitrogen and oxygen atoms in total. The summed E-state index contributed by atoms with van der Waals surface area (Å²) < 4.78 is 34.1. The molecule has 0 spiro atoms. The van der Waals surface area contributed by atoms with Crippen LogP contribution < -0.4 is 0 Å². The number of hydrogen-bond acceptors (Lipinski definition) is 4. The third-order valence-corrected chi connectivity index (χ3v) is 7.09. The summed E-state index contributed by atoms with van der Waals surface area (Å²) in [6, 6.07) is 12.8. The highest BCUT2D eigenvalue weighted by molar-refractivity contribution is 6.42. The predicted octanol–water partition coefficient (Wildman–Crippen LogP) is 7.26. The molecule has 0 bridgehead atoms. The molecule has 0 saturated carbocycles. The Morgan fingerprint density at radius 3 is 2.70 bits per heavy atom.